The summed E-state index contributed by atoms with van der Waals surface area (Å²) in [5.74, 6) is 2.05. The molecule has 0 bridgehead atoms. The van der Waals surface area contributed by atoms with Gasteiger partial charge in [0, 0.05) is 30.1 Å². The lowest BCUT2D eigenvalue weighted by Gasteiger charge is -2.11. The predicted octanol–water partition coefficient (Wildman–Crippen LogP) is 0.775. The monoisotopic (exact) mass is 212 g/mol. The number of aryl methyl sites for hydroxylation is 1. The first-order valence-corrected chi connectivity index (χ1v) is 5.19. The normalized spacial score (nSPS) is 12.8. The summed E-state index contributed by atoms with van der Waals surface area (Å²) in [6, 6.07) is 0.360. The highest BCUT2D eigenvalue weighted by Crippen LogP contribution is 2.06. The molecule has 0 aliphatic carbocycles. The van der Waals surface area contributed by atoms with Gasteiger partial charge < -0.3 is 11.1 Å². The number of rotatable bonds is 4. The minimum atomic E-state index is 0.360. The summed E-state index contributed by atoms with van der Waals surface area (Å²) in [6.07, 6.45) is 1.76. The van der Waals surface area contributed by atoms with Crippen LogP contribution < -0.4 is 11.1 Å². The Kier molecular flexibility index (Phi) is 4.16. The van der Waals surface area contributed by atoms with Crippen LogP contribution >= 0.6 is 12.6 Å². The minimum absolute atomic E-state index is 0.360. The van der Waals surface area contributed by atoms with Gasteiger partial charge >= 0.3 is 0 Å². The number of nitrogens with two attached hydrogens (primary N) is 1. The van der Waals surface area contributed by atoms with Crippen molar-refractivity contribution in [3.05, 3.63) is 17.6 Å². The lowest BCUT2D eigenvalue weighted by atomic mass is 10.3. The number of anilines is 1. The molecular weight excluding hydrogens is 196 g/mol. The smallest absolute Gasteiger partial charge is 0.131 e. The van der Waals surface area contributed by atoms with E-state index >= 15 is 0 Å². The number of nitrogens with one attached hydrogen (secondary N) is 1. The average molecular weight is 212 g/mol. The van der Waals surface area contributed by atoms with Gasteiger partial charge in [0.2, 0.25) is 0 Å². The molecule has 0 aliphatic rings. The van der Waals surface area contributed by atoms with Gasteiger partial charge in [-0.15, -0.1) is 0 Å². The standard InChI is InChI=1S/C9H16N4S/c1-6(5-14)11-3-8-4-12-7(2)13-9(8)10/h4,6,11,14H,3,5H2,1-2H3,(H2,10,12,13). The summed E-state index contributed by atoms with van der Waals surface area (Å²) < 4.78 is 0. The molecule has 1 aromatic rings. The van der Waals surface area contributed by atoms with Crippen molar-refractivity contribution in [3.63, 3.8) is 0 Å². The van der Waals surface area contributed by atoms with E-state index in [-0.39, 0.29) is 0 Å². The molecule has 1 heterocycles. The zero-order chi connectivity index (χ0) is 10.6. The maximum absolute atomic E-state index is 5.74. The molecule has 0 radical (unpaired) electrons. The quantitative estimate of drug-likeness (QED) is 0.645. The van der Waals surface area contributed by atoms with Crippen LogP contribution in [0.1, 0.15) is 18.3 Å². The molecule has 1 atom stereocenters. The molecule has 0 amide bonds. The molecule has 78 valence electrons. The largest absolute Gasteiger partial charge is 0.383 e. The van der Waals surface area contributed by atoms with Crippen molar-refractivity contribution >= 4 is 18.4 Å². The fourth-order valence-corrected chi connectivity index (χ4v) is 1.13. The number of nitrogen functional groups attached to an aromatic ring is 1. The molecule has 0 saturated carbocycles. The predicted molar refractivity (Wildman–Crippen MR) is 61.3 cm³/mol. The van der Waals surface area contributed by atoms with Crippen LogP contribution in [0, 0.1) is 6.92 Å². The summed E-state index contributed by atoms with van der Waals surface area (Å²) >= 11 is 4.18. The average Bonchev–Trinajstić information content (AvgIpc) is 2.16. The Hall–Kier alpha value is -0.810. The third-order valence-corrected chi connectivity index (χ3v) is 2.48. The molecule has 3 N–H and O–H groups in total. The van der Waals surface area contributed by atoms with Crippen LogP contribution in [0.25, 0.3) is 0 Å². The van der Waals surface area contributed by atoms with Gasteiger partial charge in [0.25, 0.3) is 0 Å². The summed E-state index contributed by atoms with van der Waals surface area (Å²) in [7, 11) is 0. The van der Waals surface area contributed by atoms with Crippen molar-refractivity contribution in [2.24, 2.45) is 0 Å². The molecule has 0 saturated heterocycles. The number of hydrogen-bond acceptors (Lipinski definition) is 5. The highest BCUT2D eigenvalue weighted by molar-refractivity contribution is 7.80. The Morgan fingerprint density at radius 3 is 2.93 bits per heavy atom. The third-order valence-electron chi connectivity index (χ3n) is 1.93. The summed E-state index contributed by atoms with van der Waals surface area (Å²) in [4.78, 5) is 8.18. The van der Waals surface area contributed by atoms with Gasteiger partial charge in [0.05, 0.1) is 0 Å². The van der Waals surface area contributed by atoms with Gasteiger partial charge in [-0.3, -0.25) is 0 Å². The van der Waals surface area contributed by atoms with Crippen molar-refractivity contribution in [2.75, 3.05) is 11.5 Å². The van der Waals surface area contributed by atoms with Crippen LogP contribution in [-0.2, 0) is 6.54 Å². The van der Waals surface area contributed by atoms with Crippen molar-refractivity contribution in [1.82, 2.24) is 15.3 Å². The third kappa shape index (κ3) is 3.16. The SMILES string of the molecule is Cc1ncc(CNC(C)CS)c(N)n1. The summed E-state index contributed by atoms with van der Waals surface area (Å²) in [5.41, 5.74) is 6.67. The second-order valence-corrected chi connectivity index (χ2v) is 3.66. The van der Waals surface area contributed by atoms with Crippen LogP contribution in [0.4, 0.5) is 5.82 Å². The van der Waals surface area contributed by atoms with Gasteiger partial charge in [-0.05, 0) is 13.8 Å². The first-order chi connectivity index (χ1) is 6.63. The molecule has 5 heteroatoms. The number of thiol groups is 1. The Morgan fingerprint density at radius 1 is 1.64 bits per heavy atom. The van der Waals surface area contributed by atoms with Crippen molar-refractivity contribution in [3.8, 4) is 0 Å². The van der Waals surface area contributed by atoms with E-state index in [1.807, 2.05) is 6.92 Å². The number of aromatic nitrogens is 2. The van der Waals surface area contributed by atoms with Gasteiger partial charge in [0.1, 0.15) is 11.6 Å². The molecule has 1 unspecified atom stereocenters. The highest BCUT2D eigenvalue weighted by Gasteiger charge is 2.03. The molecular formula is C9H16N4S. The molecule has 1 aromatic heterocycles. The molecule has 0 spiro atoms. The van der Waals surface area contributed by atoms with E-state index in [9.17, 15) is 0 Å². The fourth-order valence-electron chi connectivity index (χ4n) is 0.997. The zero-order valence-corrected chi connectivity index (χ0v) is 9.38. The Bertz CT molecular complexity index is 303. The Balaban J connectivity index is 2.59. The van der Waals surface area contributed by atoms with Gasteiger partial charge in [0.15, 0.2) is 0 Å². The maximum Gasteiger partial charge on any atom is 0.131 e. The molecule has 0 aromatic carbocycles. The lowest BCUT2D eigenvalue weighted by molar-refractivity contribution is 0.595. The first kappa shape index (κ1) is 11.3. The fraction of sp³-hybridized carbons (Fsp3) is 0.556. The molecule has 4 nitrogen and oxygen atoms in total. The van der Waals surface area contributed by atoms with Crippen LogP contribution in [0.5, 0.6) is 0 Å². The second kappa shape index (κ2) is 5.17. The Labute approximate surface area is 89.7 Å². The summed E-state index contributed by atoms with van der Waals surface area (Å²) in [6.45, 7) is 4.58. The van der Waals surface area contributed by atoms with Gasteiger partial charge in [-0.25, -0.2) is 9.97 Å². The van der Waals surface area contributed by atoms with E-state index in [0.29, 0.717) is 24.2 Å². The van der Waals surface area contributed by atoms with Crippen molar-refractivity contribution < 1.29 is 0 Å². The number of hydrogen-bond donors (Lipinski definition) is 3. The second-order valence-electron chi connectivity index (χ2n) is 3.29. The van der Waals surface area contributed by atoms with E-state index in [1.54, 1.807) is 6.20 Å². The maximum atomic E-state index is 5.74. The highest BCUT2D eigenvalue weighted by atomic mass is 32.1. The van der Waals surface area contributed by atoms with E-state index < -0.39 is 0 Å². The van der Waals surface area contributed by atoms with E-state index in [2.05, 4.69) is 34.8 Å². The topological polar surface area (TPSA) is 63.8 Å². The zero-order valence-electron chi connectivity index (χ0n) is 8.49. The van der Waals surface area contributed by atoms with Crippen LogP contribution in [0.3, 0.4) is 0 Å². The van der Waals surface area contributed by atoms with Crippen LogP contribution in [0.15, 0.2) is 6.20 Å². The molecule has 1 rings (SSSR count). The van der Waals surface area contributed by atoms with E-state index in [4.69, 9.17) is 5.73 Å². The number of nitrogens with zero attached hydrogens (tertiary/aromatic N) is 2. The Morgan fingerprint density at radius 2 is 2.36 bits per heavy atom. The van der Waals surface area contributed by atoms with Gasteiger partial charge in [-0.1, -0.05) is 0 Å². The summed E-state index contributed by atoms with van der Waals surface area (Å²) in [5, 5.41) is 3.27. The van der Waals surface area contributed by atoms with Crippen molar-refractivity contribution in [1.29, 1.82) is 0 Å². The van der Waals surface area contributed by atoms with E-state index in [0.717, 1.165) is 11.3 Å². The van der Waals surface area contributed by atoms with E-state index in [1.165, 1.54) is 0 Å². The van der Waals surface area contributed by atoms with Gasteiger partial charge in [-0.2, -0.15) is 12.6 Å². The molecule has 0 fully saturated rings. The van der Waals surface area contributed by atoms with Crippen LogP contribution in [-0.4, -0.2) is 21.8 Å². The first-order valence-electron chi connectivity index (χ1n) is 4.55. The van der Waals surface area contributed by atoms with Crippen LogP contribution in [0.2, 0.25) is 0 Å². The molecule has 0 aliphatic heterocycles. The van der Waals surface area contributed by atoms with Crippen molar-refractivity contribution in [2.45, 2.75) is 26.4 Å². The lowest BCUT2D eigenvalue weighted by Crippen LogP contribution is -2.27. The minimum Gasteiger partial charge on any atom is -0.383 e. The molecule has 14 heavy (non-hydrogen) atoms.